The summed E-state index contributed by atoms with van der Waals surface area (Å²) >= 11 is 0. The highest BCUT2D eigenvalue weighted by Crippen LogP contribution is 2.09. The van der Waals surface area contributed by atoms with Gasteiger partial charge in [0.25, 0.3) is 0 Å². The van der Waals surface area contributed by atoms with Crippen molar-refractivity contribution in [3.05, 3.63) is 35.9 Å². The summed E-state index contributed by atoms with van der Waals surface area (Å²) in [5.74, 6) is -0.761. The summed E-state index contributed by atoms with van der Waals surface area (Å²) in [7, 11) is 0. The lowest BCUT2D eigenvalue weighted by molar-refractivity contribution is -0.137. The van der Waals surface area contributed by atoms with Gasteiger partial charge in [-0.15, -0.1) is 0 Å². The minimum atomic E-state index is -0.986. The number of aliphatic carboxylic acids is 1. The van der Waals surface area contributed by atoms with Gasteiger partial charge in [0.15, 0.2) is 0 Å². The van der Waals surface area contributed by atoms with E-state index in [1.165, 1.54) is 4.90 Å². The van der Waals surface area contributed by atoms with E-state index >= 15 is 0 Å². The molecule has 21 heavy (non-hydrogen) atoms. The van der Waals surface area contributed by atoms with Crippen molar-refractivity contribution in [1.82, 2.24) is 9.80 Å². The first-order valence-corrected chi connectivity index (χ1v) is 7.23. The molecule has 0 saturated heterocycles. The van der Waals surface area contributed by atoms with Crippen LogP contribution in [0, 0.1) is 5.92 Å². The maximum Gasteiger partial charge on any atom is 0.323 e. The Morgan fingerprint density at radius 1 is 1.14 bits per heavy atom. The first-order valence-electron chi connectivity index (χ1n) is 7.23. The maximum atomic E-state index is 12.5. The Morgan fingerprint density at radius 2 is 1.76 bits per heavy atom. The van der Waals surface area contributed by atoms with E-state index in [2.05, 4.69) is 0 Å². The smallest absolute Gasteiger partial charge is 0.323 e. The van der Waals surface area contributed by atoms with Crippen LogP contribution in [0.2, 0.25) is 0 Å². The Bertz CT molecular complexity index is 460. The zero-order chi connectivity index (χ0) is 15.8. The van der Waals surface area contributed by atoms with E-state index in [0.29, 0.717) is 19.6 Å². The van der Waals surface area contributed by atoms with Crippen LogP contribution in [-0.4, -0.2) is 46.5 Å². The molecule has 0 atom stereocenters. The largest absolute Gasteiger partial charge is 0.480 e. The molecule has 5 heteroatoms. The number of rotatable bonds is 7. The predicted molar refractivity (Wildman–Crippen MR) is 82.0 cm³/mol. The van der Waals surface area contributed by atoms with Crippen LogP contribution >= 0.6 is 0 Å². The van der Waals surface area contributed by atoms with Crippen LogP contribution < -0.4 is 0 Å². The number of carboxylic acids is 1. The number of urea groups is 1. The molecule has 0 saturated carbocycles. The average Bonchev–Trinajstić information content (AvgIpc) is 2.43. The topological polar surface area (TPSA) is 60.9 Å². The normalized spacial score (nSPS) is 10.5. The highest BCUT2D eigenvalue weighted by atomic mass is 16.4. The molecule has 0 aliphatic rings. The van der Waals surface area contributed by atoms with Gasteiger partial charge in [0.1, 0.15) is 6.54 Å². The van der Waals surface area contributed by atoms with Crippen LogP contribution in [0.25, 0.3) is 0 Å². The third-order valence-electron chi connectivity index (χ3n) is 3.05. The molecule has 1 aromatic rings. The molecule has 1 rings (SSSR count). The van der Waals surface area contributed by atoms with Crippen LogP contribution in [-0.2, 0) is 11.3 Å². The van der Waals surface area contributed by atoms with Crippen LogP contribution in [0.3, 0.4) is 0 Å². The SMILES string of the molecule is CCN(Cc1ccccc1)C(=O)N(CC(=O)O)CC(C)C. The quantitative estimate of drug-likeness (QED) is 0.840. The van der Waals surface area contributed by atoms with Gasteiger partial charge in [0.2, 0.25) is 0 Å². The van der Waals surface area contributed by atoms with Crippen molar-refractivity contribution in [2.24, 2.45) is 5.92 Å². The fraction of sp³-hybridized carbons (Fsp3) is 0.500. The van der Waals surface area contributed by atoms with Gasteiger partial charge in [-0.25, -0.2) is 4.79 Å². The van der Waals surface area contributed by atoms with Crippen LogP contribution in [0.5, 0.6) is 0 Å². The zero-order valence-electron chi connectivity index (χ0n) is 13.0. The Hall–Kier alpha value is -2.04. The van der Waals surface area contributed by atoms with Gasteiger partial charge < -0.3 is 14.9 Å². The second-order valence-electron chi connectivity index (χ2n) is 5.45. The third-order valence-corrected chi connectivity index (χ3v) is 3.05. The number of hydrogen-bond acceptors (Lipinski definition) is 2. The summed E-state index contributed by atoms with van der Waals surface area (Å²) in [6.45, 7) is 7.05. The van der Waals surface area contributed by atoms with E-state index in [1.54, 1.807) is 4.90 Å². The molecule has 0 radical (unpaired) electrons. The second-order valence-corrected chi connectivity index (χ2v) is 5.45. The van der Waals surface area contributed by atoms with Gasteiger partial charge in [-0.05, 0) is 18.4 Å². The van der Waals surface area contributed by atoms with Crippen molar-refractivity contribution in [1.29, 1.82) is 0 Å². The molecular weight excluding hydrogens is 268 g/mol. The number of nitrogens with zero attached hydrogens (tertiary/aromatic N) is 2. The average molecular weight is 292 g/mol. The molecular formula is C16H24N2O3. The first kappa shape index (κ1) is 17.0. The van der Waals surface area contributed by atoms with Gasteiger partial charge >= 0.3 is 12.0 Å². The van der Waals surface area contributed by atoms with Crippen molar-refractivity contribution in [3.63, 3.8) is 0 Å². The molecule has 0 unspecified atom stereocenters. The van der Waals surface area contributed by atoms with Gasteiger partial charge in [-0.3, -0.25) is 4.79 Å². The molecule has 1 aromatic carbocycles. The fourth-order valence-electron chi connectivity index (χ4n) is 2.13. The van der Waals surface area contributed by atoms with Crippen molar-refractivity contribution in [2.75, 3.05) is 19.6 Å². The molecule has 2 amide bonds. The number of carbonyl (C=O) groups excluding carboxylic acids is 1. The van der Waals surface area contributed by atoms with E-state index in [4.69, 9.17) is 5.11 Å². The van der Waals surface area contributed by atoms with E-state index in [-0.39, 0.29) is 18.5 Å². The zero-order valence-corrected chi connectivity index (χ0v) is 13.0. The second kappa shape index (κ2) is 8.29. The predicted octanol–water partition coefficient (Wildman–Crippen LogP) is 2.67. The van der Waals surface area contributed by atoms with E-state index < -0.39 is 5.97 Å². The summed E-state index contributed by atoms with van der Waals surface area (Å²) in [5, 5.41) is 8.98. The number of carbonyl (C=O) groups is 2. The van der Waals surface area contributed by atoms with Gasteiger partial charge in [-0.1, -0.05) is 44.2 Å². The number of hydrogen-bond donors (Lipinski definition) is 1. The minimum Gasteiger partial charge on any atom is -0.480 e. The number of amides is 2. The highest BCUT2D eigenvalue weighted by Gasteiger charge is 2.22. The van der Waals surface area contributed by atoms with Crippen molar-refractivity contribution in [3.8, 4) is 0 Å². The number of benzene rings is 1. The van der Waals surface area contributed by atoms with Gasteiger partial charge in [-0.2, -0.15) is 0 Å². The Labute approximate surface area is 126 Å². The summed E-state index contributed by atoms with van der Waals surface area (Å²) in [5.41, 5.74) is 1.03. The van der Waals surface area contributed by atoms with Crippen molar-refractivity contribution < 1.29 is 14.7 Å². The third kappa shape index (κ3) is 5.85. The van der Waals surface area contributed by atoms with E-state index in [9.17, 15) is 9.59 Å². The molecule has 0 aromatic heterocycles. The van der Waals surface area contributed by atoms with Crippen LogP contribution in [0.15, 0.2) is 30.3 Å². The van der Waals surface area contributed by atoms with Crippen LogP contribution in [0.1, 0.15) is 26.3 Å². The van der Waals surface area contributed by atoms with Gasteiger partial charge in [0, 0.05) is 19.6 Å². The summed E-state index contributed by atoms with van der Waals surface area (Å²) in [4.78, 5) is 26.6. The standard InChI is InChI=1S/C16H24N2O3/c1-4-17(11-14-8-6-5-7-9-14)16(21)18(10-13(2)3)12-15(19)20/h5-9,13H,4,10-12H2,1-3H3,(H,19,20). The molecule has 0 heterocycles. The number of carboxylic acid groups (broad SMARTS) is 1. The Morgan fingerprint density at radius 3 is 2.24 bits per heavy atom. The Kier molecular flexibility index (Phi) is 6.72. The molecule has 0 spiro atoms. The summed E-state index contributed by atoms with van der Waals surface area (Å²) in [6, 6.07) is 9.47. The first-order chi connectivity index (χ1) is 9.93. The minimum absolute atomic E-state index is 0.225. The molecule has 0 aliphatic carbocycles. The Balaban J connectivity index is 2.80. The molecule has 116 valence electrons. The molecule has 5 nitrogen and oxygen atoms in total. The lowest BCUT2D eigenvalue weighted by atomic mass is 10.2. The molecule has 0 aliphatic heterocycles. The van der Waals surface area contributed by atoms with Crippen molar-refractivity contribution in [2.45, 2.75) is 27.3 Å². The molecule has 0 fully saturated rings. The van der Waals surface area contributed by atoms with E-state index in [0.717, 1.165) is 5.56 Å². The monoisotopic (exact) mass is 292 g/mol. The van der Waals surface area contributed by atoms with Crippen LogP contribution in [0.4, 0.5) is 4.79 Å². The molecule has 1 N–H and O–H groups in total. The summed E-state index contributed by atoms with van der Waals surface area (Å²) < 4.78 is 0. The lowest BCUT2D eigenvalue weighted by Crippen LogP contribution is -2.46. The maximum absolute atomic E-state index is 12.5. The van der Waals surface area contributed by atoms with E-state index in [1.807, 2.05) is 51.1 Å². The highest BCUT2D eigenvalue weighted by molar-refractivity contribution is 5.80. The fourth-order valence-corrected chi connectivity index (χ4v) is 2.13. The van der Waals surface area contributed by atoms with Crippen molar-refractivity contribution >= 4 is 12.0 Å². The van der Waals surface area contributed by atoms with Gasteiger partial charge in [0.05, 0.1) is 0 Å². The molecule has 0 bridgehead atoms. The lowest BCUT2D eigenvalue weighted by Gasteiger charge is -2.30. The summed E-state index contributed by atoms with van der Waals surface area (Å²) in [6.07, 6.45) is 0.